The molecule has 0 radical (unpaired) electrons. The van der Waals surface area contributed by atoms with Crippen molar-refractivity contribution in [2.45, 2.75) is 19.4 Å². The molecule has 1 N–H and O–H groups in total. The van der Waals surface area contributed by atoms with Gasteiger partial charge in [-0.3, -0.25) is 4.79 Å². The van der Waals surface area contributed by atoms with Crippen LogP contribution in [-0.4, -0.2) is 10.5 Å². The number of benzene rings is 2. The second kappa shape index (κ2) is 7.13. The number of carbonyl (C=O) groups is 1. The summed E-state index contributed by atoms with van der Waals surface area (Å²) in [7, 11) is 0. The Morgan fingerprint density at radius 1 is 1.08 bits per heavy atom. The van der Waals surface area contributed by atoms with Crippen LogP contribution in [-0.2, 0) is 4.79 Å². The van der Waals surface area contributed by atoms with Crippen molar-refractivity contribution in [3.63, 3.8) is 0 Å². The fourth-order valence-electron chi connectivity index (χ4n) is 2.69. The third kappa shape index (κ3) is 3.90. The zero-order valence-electron chi connectivity index (χ0n) is 13.4. The quantitative estimate of drug-likeness (QED) is 0.734. The first-order chi connectivity index (χ1) is 11.6. The van der Waals surface area contributed by atoms with E-state index in [0.717, 1.165) is 16.8 Å². The second-order valence-corrected chi connectivity index (χ2v) is 5.82. The van der Waals surface area contributed by atoms with Gasteiger partial charge in [0.1, 0.15) is 5.82 Å². The van der Waals surface area contributed by atoms with E-state index in [1.807, 2.05) is 66.3 Å². The average molecular weight is 322 g/mol. The van der Waals surface area contributed by atoms with Crippen LogP contribution in [0.3, 0.4) is 0 Å². The minimum atomic E-state index is -0.302. The number of nitrogens with one attached hydrogen (secondary N) is 1. The molecule has 1 atom stereocenters. The lowest BCUT2D eigenvalue weighted by Crippen LogP contribution is -2.19. The van der Waals surface area contributed by atoms with Gasteiger partial charge in [0.05, 0.1) is 12.5 Å². The van der Waals surface area contributed by atoms with Crippen molar-refractivity contribution in [3.05, 3.63) is 90.0 Å². The molecule has 0 fully saturated rings. The summed E-state index contributed by atoms with van der Waals surface area (Å²) >= 11 is 0. The van der Waals surface area contributed by atoms with Gasteiger partial charge in [-0.15, -0.1) is 0 Å². The van der Waals surface area contributed by atoms with Gasteiger partial charge >= 0.3 is 0 Å². The highest BCUT2D eigenvalue weighted by Crippen LogP contribution is 2.24. The third-order valence-corrected chi connectivity index (χ3v) is 3.93. The summed E-state index contributed by atoms with van der Waals surface area (Å²) in [6, 6.07) is 17.6. The zero-order chi connectivity index (χ0) is 16.9. The Balaban J connectivity index is 1.79. The fraction of sp³-hybridized carbons (Fsp3) is 0.150. The number of amides is 1. The van der Waals surface area contributed by atoms with Crippen LogP contribution in [0.2, 0.25) is 0 Å². The molecule has 0 saturated carbocycles. The lowest BCUT2D eigenvalue weighted by atomic mass is 10.0. The maximum atomic E-state index is 13.6. The Labute approximate surface area is 140 Å². The first kappa shape index (κ1) is 16.0. The van der Waals surface area contributed by atoms with Gasteiger partial charge < -0.3 is 9.88 Å². The van der Waals surface area contributed by atoms with Crippen molar-refractivity contribution in [2.24, 2.45) is 0 Å². The van der Waals surface area contributed by atoms with Crippen LogP contribution in [0.25, 0.3) is 0 Å². The summed E-state index contributed by atoms with van der Waals surface area (Å²) in [6.45, 7) is 2.00. The molecule has 122 valence electrons. The first-order valence-electron chi connectivity index (χ1n) is 7.86. The molecule has 2 aromatic carbocycles. The van der Waals surface area contributed by atoms with Gasteiger partial charge in [0.2, 0.25) is 5.91 Å². The minimum Gasteiger partial charge on any atom is -0.346 e. The molecule has 1 aromatic heterocycles. The van der Waals surface area contributed by atoms with E-state index in [9.17, 15) is 9.18 Å². The molecule has 0 saturated heterocycles. The van der Waals surface area contributed by atoms with Gasteiger partial charge in [0.15, 0.2) is 0 Å². The van der Waals surface area contributed by atoms with Crippen molar-refractivity contribution >= 4 is 11.6 Å². The van der Waals surface area contributed by atoms with Crippen molar-refractivity contribution in [1.82, 2.24) is 4.57 Å². The Morgan fingerprint density at radius 2 is 1.79 bits per heavy atom. The maximum absolute atomic E-state index is 13.6. The molecule has 3 aromatic rings. The molecule has 0 aliphatic heterocycles. The fourth-order valence-corrected chi connectivity index (χ4v) is 2.69. The van der Waals surface area contributed by atoms with E-state index in [4.69, 9.17) is 0 Å². The van der Waals surface area contributed by atoms with E-state index in [-0.39, 0.29) is 24.2 Å². The zero-order valence-corrected chi connectivity index (χ0v) is 13.4. The summed E-state index contributed by atoms with van der Waals surface area (Å²) in [5.74, 6) is -0.412. The Hall–Kier alpha value is -2.88. The summed E-state index contributed by atoms with van der Waals surface area (Å²) < 4.78 is 15.5. The summed E-state index contributed by atoms with van der Waals surface area (Å²) in [4.78, 5) is 12.4. The van der Waals surface area contributed by atoms with Crippen LogP contribution >= 0.6 is 0 Å². The Kier molecular flexibility index (Phi) is 4.75. The standard InChI is InChI=1S/C20H19FN2O/c1-15-7-9-18(10-8-15)22-20(24)14-19(23-11-2-3-12-23)16-5-4-6-17(21)13-16/h2-13,19H,14H2,1H3,(H,22,24)/t19-/m0/s1. The van der Waals surface area contributed by atoms with Crippen LogP contribution < -0.4 is 5.32 Å². The Morgan fingerprint density at radius 3 is 2.46 bits per heavy atom. The van der Waals surface area contributed by atoms with Crippen LogP contribution in [0, 0.1) is 12.7 Å². The first-order valence-corrected chi connectivity index (χ1v) is 7.86. The van der Waals surface area contributed by atoms with Crippen LogP contribution in [0.4, 0.5) is 10.1 Å². The SMILES string of the molecule is Cc1ccc(NC(=O)C[C@@H](c2cccc(F)c2)n2cccc2)cc1. The highest BCUT2D eigenvalue weighted by Gasteiger charge is 2.18. The van der Waals surface area contributed by atoms with Crippen molar-refractivity contribution in [1.29, 1.82) is 0 Å². The van der Waals surface area contributed by atoms with Crippen molar-refractivity contribution in [3.8, 4) is 0 Å². The van der Waals surface area contributed by atoms with E-state index in [0.29, 0.717) is 0 Å². The number of anilines is 1. The molecule has 0 aliphatic carbocycles. The highest BCUT2D eigenvalue weighted by atomic mass is 19.1. The lowest BCUT2D eigenvalue weighted by Gasteiger charge is -2.19. The molecular weight excluding hydrogens is 303 g/mol. The molecule has 1 amide bonds. The average Bonchev–Trinajstić information content (AvgIpc) is 3.09. The molecule has 1 heterocycles. The smallest absolute Gasteiger partial charge is 0.226 e. The van der Waals surface area contributed by atoms with Gasteiger partial charge in [-0.05, 0) is 48.9 Å². The van der Waals surface area contributed by atoms with E-state index in [1.165, 1.54) is 12.1 Å². The molecule has 0 aliphatic rings. The van der Waals surface area contributed by atoms with Crippen molar-refractivity contribution in [2.75, 3.05) is 5.32 Å². The molecule has 0 spiro atoms. The number of rotatable bonds is 5. The Bertz CT molecular complexity index is 810. The van der Waals surface area contributed by atoms with Gasteiger partial charge in [-0.25, -0.2) is 4.39 Å². The van der Waals surface area contributed by atoms with E-state index in [2.05, 4.69) is 5.32 Å². The van der Waals surface area contributed by atoms with Crippen molar-refractivity contribution < 1.29 is 9.18 Å². The van der Waals surface area contributed by atoms with Gasteiger partial charge in [0, 0.05) is 18.1 Å². The molecular formula is C20H19FN2O. The minimum absolute atomic E-state index is 0.109. The maximum Gasteiger partial charge on any atom is 0.226 e. The third-order valence-electron chi connectivity index (χ3n) is 3.93. The number of aryl methyl sites for hydroxylation is 1. The van der Waals surface area contributed by atoms with Gasteiger partial charge in [-0.1, -0.05) is 29.8 Å². The van der Waals surface area contributed by atoms with E-state index >= 15 is 0 Å². The molecule has 24 heavy (non-hydrogen) atoms. The van der Waals surface area contributed by atoms with Crippen LogP contribution in [0.5, 0.6) is 0 Å². The predicted molar refractivity (Wildman–Crippen MR) is 93.4 cm³/mol. The number of hydrogen-bond acceptors (Lipinski definition) is 1. The molecule has 0 unspecified atom stereocenters. The normalized spacial score (nSPS) is 11.9. The topological polar surface area (TPSA) is 34.0 Å². The monoisotopic (exact) mass is 322 g/mol. The molecule has 4 heteroatoms. The summed E-state index contributed by atoms with van der Waals surface area (Å²) in [6.07, 6.45) is 4.00. The number of carbonyl (C=O) groups excluding carboxylic acids is 1. The van der Waals surface area contributed by atoms with E-state index < -0.39 is 0 Å². The van der Waals surface area contributed by atoms with Crippen LogP contribution in [0.15, 0.2) is 73.1 Å². The largest absolute Gasteiger partial charge is 0.346 e. The summed E-state index contributed by atoms with van der Waals surface area (Å²) in [5.41, 5.74) is 2.67. The summed E-state index contributed by atoms with van der Waals surface area (Å²) in [5, 5.41) is 2.90. The number of halogens is 1. The molecule has 3 nitrogen and oxygen atoms in total. The number of nitrogens with zero attached hydrogens (tertiary/aromatic N) is 1. The molecule has 0 bridgehead atoms. The number of hydrogen-bond donors (Lipinski definition) is 1. The lowest BCUT2D eigenvalue weighted by molar-refractivity contribution is -0.116. The van der Waals surface area contributed by atoms with Gasteiger partial charge in [0.25, 0.3) is 0 Å². The van der Waals surface area contributed by atoms with Gasteiger partial charge in [-0.2, -0.15) is 0 Å². The highest BCUT2D eigenvalue weighted by molar-refractivity contribution is 5.91. The van der Waals surface area contributed by atoms with Crippen LogP contribution in [0.1, 0.15) is 23.6 Å². The number of aromatic nitrogens is 1. The predicted octanol–water partition coefficient (Wildman–Crippen LogP) is 4.55. The van der Waals surface area contributed by atoms with E-state index in [1.54, 1.807) is 6.07 Å². The second-order valence-electron chi connectivity index (χ2n) is 5.82. The molecule has 3 rings (SSSR count).